The number of anilines is 2. The molecule has 3 N–H and O–H groups in total. The van der Waals surface area contributed by atoms with Crippen LogP contribution in [-0.2, 0) is 0 Å². The van der Waals surface area contributed by atoms with Gasteiger partial charge in [-0.25, -0.2) is 4.39 Å². The monoisotopic (exact) mass is 400 g/mol. The molecule has 0 unspecified atom stereocenters. The number of hydrogen-bond acceptors (Lipinski definition) is 2. The highest BCUT2D eigenvalue weighted by Gasteiger charge is 2.15. The molecule has 1 amide bonds. The fourth-order valence-electron chi connectivity index (χ4n) is 1.74. The molecule has 0 aromatic heterocycles. The normalized spacial score (nSPS) is 10.4. The zero-order valence-corrected chi connectivity index (χ0v) is 13.7. The third kappa shape index (κ3) is 3.19. The Hall–Kier alpha value is -1.40. The first kappa shape index (κ1) is 15.0. The Bertz CT molecular complexity index is 689. The number of benzene rings is 2. The minimum atomic E-state index is -0.565. The van der Waals surface area contributed by atoms with Gasteiger partial charge in [0.25, 0.3) is 5.91 Å². The van der Waals surface area contributed by atoms with E-state index in [2.05, 4.69) is 37.2 Å². The van der Waals surface area contributed by atoms with E-state index in [1.807, 2.05) is 0 Å². The van der Waals surface area contributed by atoms with Crippen LogP contribution in [0.1, 0.15) is 15.9 Å². The van der Waals surface area contributed by atoms with Gasteiger partial charge in [0.1, 0.15) is 5.82 Å². The highest BCUT2D eigenvalue weighted by molar-refractivity contribution is 9.11. The van der Waals surface area contributed by atoms with Gasteiger partial charge in [-0.1, -0.05) is 15.9 Å². The van der Waals surface area contributed by atoms with Crippen molar-refractivity contribution in [1.29, 1.82) is 0 Å². The maximum absolute atomic E-state index is 14.0. The largest absolute Gasteiger partial charge is 0.399 e. The third-order valence-electron chi connectivity index (χ3n) is 2.70. The molecule has 0 spiro atoms. The van der Waals surface area contributed by atoms with Crippen LogP contribution in [0.25, 0.3) is 0 Å². The molecule has 0 bridgehead atoms. The summed E-state index contributed by atoms with van der Waals surface area (Å²) in [4.78, 5) is 12.1. The molecule has 0 fully saturated rings. The molecule has 3 nitrogen and oxygen atoms in total. The Morgan fingerprint density at radius 3 is 2.60 bits per heavy atom. The van der Waals surface area contributed by atoms with Crippen molar-refractivity contribution >= 4 is 49.1 Å². The molecule has 2 rings (SSSR count). The summed E-state index contributed by atoms with van der Waals surface area (Å²) in [5.41, 5.74) is 6.82. The van der Waals surface area contributed by atoms with E-state index < -0.39 is 11.7 Å². The van der Waals surface area contributed by atoms with Gasteiger partial charge in [-0.3, -0.25) is 4.79 Å². The van der Waals surface area contributed by atoms with Crippen molar-refractivity contribution in [2.24, 2.45) is 0 Å². The van der Waals surface area contributed by atoms with Crippen LogP contribution >= 0.6 is 31.9 Å². The van der Waals surface area contributed by atoms with Gasteiger partial charge in [-0.15, -0.1) is 0 Å². The second-order valence-electron chi connectivity index (χ2n) is 4.28. The molecule has 0 aliphatic rings. The van der Waals surface area contributed by atoms with Crippen molar-refractivity contribution in [3.63, 3.8) is 0 Å². The first-order valence-corrected chi connectivity index (χ1v) is 7.29. The van der Waals surface area contributed by atoms with E-state index in [9.17, 15) is 9.18 Å². The van der Waals surface area contributed by atoms with Crippen LogP contribution < -0.4 is 11.1 Å². The highest BCUT2D eigenvalue weighted by atomic mass is 79.9. The molecule has 20 heavy (non-hydrogen) atoms. The summed E-state index contributed by atoms with van der Waals surface area (Å²) in [6, 6.07) is 8.09. The minimum Gasteiger partial charge on any atom is -0.399 e. The van der Waals surface area contributed by atoms with Gasteiger partial charge in [-0.2, -0.15) is 0 Å². The Labute approximate surface area is 132 Å². The summed E-state index contributed by atoms with van der Waals surface area (Å²) >= 11 is 6.65. The Balaban J connectivity index is 2.33. The minimum absolute atomic E-state index is 0.0719. The van der Waals surface area contributed by atoms with Crippen LogP contribution in [0.3, 0.4) is 0 Å². The van der Waals surface area contributed by atoms with E-state index in [4.69, 9.17) is 5.73 Å². The average molecular weight is 402 g/mol. The zero-order chi connectivity index (χ0) is 14.9. The first-order valence-electron chi connectivity index (χ1n) is 5.70. The predicted octanol–water partition coefficient (Wildman–Crippen LogP) is 4.49. The van der Waals surface area contributed by atoms with Crippen molar-refractivity contribution < 1.29 is 9.18 Å². The summed E-state index contributed by atoms with van der Waals surface area (Å²) in [6.45, 7) is 1.57. The summed E-state index contributed by atoms with van der Waals surface area (Å²) in [5, 5.41) is 2.65. The van der Waals surface area contributed by atoms with Crippen LogP contribution in [0.15, 0.2) is 39.3 Å². The van der Waals surface area contributed by atoms with Gasteiger partial charge >= 0.3 is 0 Å². The smallest absolute Gasteiger partial charge is 0.258 e. The van der Waals surface area contributed by atoms with E-state index in [-0.39, 0.29) is 5.56 Å². The first-order chi connectivity index (χ1) is 9.38. The molecule has 0 radical (unpaired) electrons. The molecular weight excluding hydrogens is 391 g/mol. The molecule has 0 atom stereocenters. The molecule has 0 saturated heterocycles. The highest BCUT2D eigenvalue weighted by Crippen LogP contribution is 2.27. The Morgan fingerprint density at radius 2 is 1.95 bits per heavy atom. The SMILES string of the molecule is Cc1cc(N)cc(C(=O)Nc2ccc(Br)cc2Br)c1F. The van der Waals surface area contributed by atoms with Crippen LogP contribution in [0, 0.1) is 12.7 Å². The number of amides is 1. The van der Waals surface area contributed by atoms with Crippen molar-refractivity contribution in [2.75, 3.05) is 11.1 Å². The lowest BCUT2D eigenvalue weighted by Crippen LogP contribution is -2.15. The third-order valence-corrected chi connectivity index (χ3v) is 3.85. The zero-order valence-electron chi connectivity index (χ0n) is 10.5. The topological polar surface area (TPSA) is 55.1 Å². The Kier molecular flexibility index (Phi) is 4.45. The van der Waals surface area contributed by atoms with E-state index in [1.54, 1.807) is 25.1 Å². The van der Waals surface area contributed by atoms with Crippen LogP contribution in [-0.4, -0.2) is 5.91 Å². The number of carbonyl (C=O) groups is 1. The number of aryl methyl sites for hydroxylation is 1. The van der Waals surface area contributed by atoms with Gasteiger partial charge < -0.3 is 11.1 Å². The van der Waals surface area contributed by atoms with E-state index >= 15 is 0 Å². The van der Waals surface area contributed by atoms with Crippen LogP contribution in [0.4, 0.5) is 15.8 Å². The fourth-order valence-corrected chi connectivity index (χ4v) is 2.89. The number of nitrogen functional groups attached to an aromatic ring is 1. The second kappa shape index (κ2) is 5.93. The van der Waals surface area contributed by atoms with E-state index in [1.165, 1.54) is 12.1 Å². The molecule has 6 heteroatoms. The molecule has 0 saturated carbocycles. The lowest BCUT2D eigenvalue weighted by Gasteiger charge is -2.10. The van der Waals surface area contributed by atoms with Crippen molar-refractivity contribution in [1.82, 2.24) is 0 Å². The number of halogens is 3. The lowest BCUT2D eigenvalue weighted by molar-refractivity contribution is 0.102. The average Bonchev–Trinajstić information content (AvgIpc) is 2.37. The number of carbonyl (C=O) groups excluding carboxylic acids is 1. The molecule has 2 aromatic carbocycles. The molecule has 0 heterocycles. The van der Waals surface area contributed by atoms with Gasteiger partial charge in [0.2, 0.25) is 0 Å². The van der Waals surface area contributed by atoms with Gasteiger partial charge in [0.15, 0.2) is 0 Å². The van der Waals surface area contributed by atoms with Crippen molar-refractivity contribution in [2.45, 2.75) is 6.92 Å². The lowest BCUT2D eigenvalue weighted by atomic mass is 10.1. The van der Waals surface area contributed by atoms with Gasteiger partial charge in [0.05, 0.1) is 11.3 Å². The number of rotatable bonds is 2. The number of hydrogen-bond donors (Lipinski definition) is 2. The second-order valence-corrected chi connectivity index (χ2v) is 6.05. The molecular formula is C14H11Br2FN2O. The number of nitrogens with two attached hydrogens (primary N) is 1. The summed E-state index contributed by atoms with van der Waals surface area (Å²) in [6.07, 6.45) is 0. The van der Waals surface area contributed by atoms with Gasteiger partial charge in [-0.05, 0) is 58.7 Å². The van der Waals surface area contributed by atoms with Crippen LogP contribution in [0.5, 0.6) is 0 Å². The summed E-state index contributed by atoms with van der Waals surface area (Å²) in [5.74, 6) is -1.11. The Morgan fingerprint density at radius 1 is 1.25 bits per heavy atom. The standard InChI is InChI=1S/C14H11Br2FN2O/c1-7-4-9(18)6-10(13(7)17)14(20)19-12-3-2-8(15)5-11(12)16/h2-6H,18H2,1H3,(H,19,20). The number of nitrogens with one attached hydrogen (secondary N) is 1. The maximum atomic E-state index is 14.0. The quantitative estimate of drug-likeness (QED) is 0.728. The molecule has 0 aliphatic carbocycles. The fraction of sp³-hybridized carbons (Fsp3) is 0.0714. The van der Waals surface area contributed by atoms with E-state index in [0.29, 0.717) is 21.4 Å². The van der Waals surface area contributed by atoms with Crippen molar-refractivity contribution in [3.05, 3.63) is 56.2 Å². The van der Waals surface area contributed by atoms with Crippen molar-refractivity contribution in [3.8, 4) is 0 Å². The molecule has 2 aromatic rings. The van der Waals surface area contributed by atoms with Crippen LogP contribution in [0.2, 0.25) is 0 Å². The van der Waals surface area contributed by atoms with Gasteiger partial charge in [0, 0.05) is 14.6 Å². The maximum Gasteiger partial charge on any atom is 0.258 e. The summed E-state index contributed by atoms with van der Waals surface area (Å²) < 4.78 is 15.5. The molecule has 104 valence electrons. The predicted molar refractivity (Wildman–Crippen MR) is 85.3 cm³/mol. The summed E-state index contributed by atoms with van der Waals surface area (Å²) in [7, 11) is 0. The van der Waals surface area contributed by atoms with E-state index in [0.717, 1.165) is 4.47 Å². The molecule has 0 aliphatic heterocycles.